The van der Waals surface area contributed by atoms with Gasteiger partial charge in [0.25, 0.3) is 5.91 Å². The van der Waals surface area contributed by atoms with Crippen molar-refractivity contribution >= 4 is 23.2 Å². The van der Waals surface area contributed by atoms with Crippen LogP contribution in [-0.2, 0) is 13.1 Å². The molecule has 102 valence electrons. The summed E-state index contributed by atoms with van der Waals surface area (Å²) in [6.07, 6.45) is 0. The topological polar surface area (TPSA) is 66.6 Å². The first-order valence-corrected chi connectivity index (χ1v) is 6.57. The Bertz CT molecular complexity index is 700. The van der Waals surface area contributed by atoms with Crippen LogP contribution < -0.4 is 5.73 Å². The van der Waals surface area contributed by atoms with Crippen LogP contribution in [0.5, 0.6) is 5.75 Å². The molecule has 0 bridgehead atoms. The zero-order valence-corrected chi connectivity index (χ0v) is 11.4. The van der Waals surface area contributed by atoms with E-state index in [1.54, 1.807) is 11.0 Å². The number of rotatable bonds is 1. The van der Waals surface area contributed by atoms with E-state index in [-0.39, 0.29) is 16.7 Å². The van der Waals surface area contributed by atoms with Crippen molar-refractivity contribution in [2.45, 2.75) is 13.1 Å². The number of fused-ring (bicyclic) bond motifs is 1. The van der Waals surface area contributed by atoms with Gasteiger partial charge in [-0.1, -0.05) is 17.7 Å². The number of nitrogens with zero attached hydrogens (tertiary/aromatic N) is 1. The number of halogens is 1. The van der Waals surface area contributed by atoms with Crippen LogP contribution >= 0.6 is 11.6 Å². The van der Waals surface area contributed by atoms with E-state index < -0.39 is 0 Å². The van der Waals surface area contributed by atoms with Gasteiger partial charge in [0, 0.05) is 24.3 Å². The highest BCUT2D eigenvalue weighted by Crippen LogP contribution is 2.28. The lowest BCUT2D eigenvalue weighted by Crippen LogP contribution is -2.25. The molecule has 4 nitrogen and oxygen atoms in total. The summed E-state index contributed by atoms with van der Waals surface area (Å²) in [7, 11) is 0. The lowest BCUT2D eigenvalue weighted by atomic mass is 10.1. The Morgan fingerprint density at radius 1 is 1.15 bits per heavy atom. The van der Waals surface area contributed by atoms with Crippen molar-refractivity contribution in [3.63, 3.8) is 0 Å². The van der Waals surface area contributed by atoms with Gasteiger partial charge in [0.05, 0.1) is 5.02 Å². The minimum absolute atomic E-state index is 0.0271. The van der Waals surface area contributed by atoms with Gasteiger partial charge in [0.2, 0.25) is 0 Å². The molecule has 0 saturated carbocycles. The number of hydrogen-bond donors (Lipinski definition) is 2. The average molecular weight is 289 g/mol. The summed E-state index contributed by atoms with van der Waals surface area (Å²) in [4.78, 5) is 14.1. The molecule has 3 N–H and O–H groups in total. The second kappa shape index (κ2) is 4.72. The van der Waals surface area contributed by atoms with Crippen molar-refractivity contribution in [3.05, 3.63) is 58.1 Å². The van der Waals surface area contributed by atoms with Crippen molar-refractivity contribution in [2.24, 2.45) is 0 Å². The van der Waals surface area contributed by atoms with Crippen LogP contribution in [0.15, 0.2) is 36.4 Å². The van der Waals surface area contributed by atoms with Crippen molar-refractivity contribution in [1.29, 1.82) is 0 Å². The van der Waals surface area contributed by atoms with Crippen LogP contribution in [0.4, 0.5) is 5.69 Å². The van der Waals surface area contributed by atoms with E-state index in [1.165, 1.54) is 12.1 Å². The standard InChI is InChI=1S/C15H13ClN2O2/c16-13-6-9(2-4-14(13)19)15(20)18-7-10-1-3-12(17)5-11(10)8-18/h1-6,19H,7-8,17H2. The summed E-state index contributed by atoms with van der Waals surface area (Å²) in [5.74, 6) is -0.137. The lowest BCUT2D eigenvalue weighted by Gasteiger charge is -2.15. The number of carbonyl (C=O) groups is 1. The molecule has 1 aliphatic rings. The van der Waals surface area contributed by atoms with Gasteiger partial charge < -0.3 is 15.7 Å². The number of benzene rings is 2. The number of phenols is 1. The SMILES string of the molecule is Nc1ccc2c(c1)CN(C(=O)c1ccc(O)c(Cl)c1)C2. The molecule has 0 radical (unpaired) electrons. The average Bonchev–Trinajstić information content (AvgIpc) is 2.84. The molecule has 0 aromatic heterocycles. The maximum Gasteiger partial charge on any atom is 0.254 e. The predicted molar refractivity (Wildman–Crippen MR) is 77.5 cm³/mol. The molecule has 3 rings (SSSR count). The Morgan fingerprint density at radius 2 is 1.90 bits per heavy atom. The highest BCUT2D eigenvalue weighted by atomic mass is 35.5. The quantitative estimate of drug-likeness (QED) is 0.793. The second-order valence-electron chi connectivity index (χ2n) is 4.86. The van der Waals surface area contributed by atoms with Crippen molar-refractivity contribution < 1.29 is 9.90 Å². The van der Waals surface area contributed by atoms with Gasteiger partial charge in [-0.15, -0.1) is 0 Å². The van der Waals surface area contributed by atoms with Crippen molar-refractivity contribution in [1.82, 2.24) is 4.90 Å². The third-order valence-corrected chi connectivity index (χ3v) is 3.74. The van der Waals surface area contributed by atoms with Gasteiger partial charge in [0.15, 0.2) is 0 Å². The van der Waals surface area contributed by atoms with Crippen LogP contribution in [0.25, 0.3) is 0 Å². The molecule has 1 heterocycles. The van der Waals surface area contributed by atoms with Gasteiger partial charge in [0.1, 0.15) is 5.75 Å². The van der Waals surface area contributed by atoms with Crippen LogP contribution in [0.2, 0.25) is 5.02 Å². The van der Waals surface area contributed by atoms with Gasteiger partial charge in [-0.05, 0) is 41.5 Å². The van der Waals surface area contributed by atoms with E-state index in [4.69, 9.17) is 17.3 Å². The van der Waals surface area contributed by atoms with Crippen molar-refractivity contribution in [3.8, 4) is 5.75 Å². The molecular weight excluding hydrogens is 276 g/mol. The summed E-state index contributed by atoms with van der Waals surface area (Å²) in [6.45, 7) is 1.10. The Hall–Kier alpha value is -2.20. The number of phenolic OH excluding ortho intramolecular Hbond substituents is 1. The van der Waals surface area contributed by atoms with Gasteiger partial charge in [-0.25, -0.2) is 0 Å². The van der Waals surface area contributed by atoms with E-state index in [2.05, 4.69) is 0 Å². The van der Waals surface area contributed by atoms with E-state index in [0.29, 0.717) is 24.3 Å². The minimum Gasteiger partial charge on any atom is -0.506 e. The normalized spacial score (nSPS) is 13.3. The van der Waals surface area contributed by atoms with Crippen LogP contribution in [0.1, 0.15) is 21.5 Å². The molecule has 2 aromatic carbocycles. The first kappa shape index (κ1) is 12.8. The van der Waals surface area contributed by atoms with Crippen LogP contribution in [0.3, 0.4) is 0 Å². The molecule has 20 heavy (non-hydrogen) atoms. The number of aromatic hydroxyl groups is 1. The fourth-order valence-corrected chi connectivity index (χ4v) is 2.56. The first-order chi connectivity index (χ1) is 9.54. The Kier molecular flexibility index (Phi) is 3.03. The number of anilines is 1. The van der Waals surface area contributed by atoms with Gasteiger partial charge in [-0.3, -0.25) is 4.79 Å². The third-order valence-electron chi connectivity index (χ3n) is 3.43. The molecule has 0 fully saturated rings. The lowest BCUT2D eigenvalue weighted by molar-refractivity contribution is 0.0751. The maximum atomic E-state index is 12.4. The molecule has 5 heteroatoms. The Morgan fingerprint density at radius 3 is 2.65 bits per heavy atom. The number of amides is 1. The maximum absolute atomic E-state index is 12.4. The molecule has 2 aromatic rings. The number of nitrogen functional groups attached to an aromatic ring is 1. The van der Waals surface area contributed by atoms with Gasteiger partial charge >= 0.3 is 0 Å². The van der Waals surface area contributed by atoms with E-state index in [0.717, 1.165) is 11.1 Å². The highest BCUT2D eigenvalue weighted by Gasteiger charge is 2.24. The molecule has 1 aliphatic heterocycles. The predicted octanol–water partition coefficient (Wildman–Crippen LogP) is 2.78. The fourth-order valence-electron chi connectivity index (χ4n) is 2.38. The first-order valence-electron chi connectivity index (χ1n) is 6.19. The summed E-state index contributed by atoms with van der Waals surface area (Å²) < 4.78 is 0. The number of carbonyl (C=O) groups excluding carboxylic acids is 1. The van der Waals surface area contributed by atoms with Gasteiger partial charge in [-0.2, -0.15) is 0 Å². The minimum atomic E-state index is -0.110. The largest absolute Gasteiger partial charge is 0.506 e. The smallest absolute Gasteiger partial charge is 0.254 e. The zero-order chi connectivity index (χ0) is 14.3. The van der Waals surface area contributed by atoms with Crippen LogP contribution in [0, 0.1) is 0 Å². The van der Waals surface area contributed by atoms with E-state index in [1.807, 2.05) is 18.2 Å². The summed E-state index contributed by atoms with van der Waals surface area (Å²) >= 11 is 5.84. The Labute approximate surface area is 121 Å². The molecular formula is C15H13ClN2O2. The van der Waals surface area contributed by atoms with E-state index in [9.17, 15) is 9.90 Å². The summed E-state index contributed by atoms with van der Waals surface area (Å²) in [6, 6.07) is 10.2. The zero-order valence-electron chi connectivity index (χ0n) is 10.6. The molecule has 1 amide bonds. The van der Waals surface area contributed by atoms with Crippen LogP contribution in [-0.4, -0.2) is 15.9 Å². The van der Waals surface area contributed by atoms with E-state index >= 15 is 0 Å². The Balaban J connectivity index is 1.85. The molecule has 0 atom stereocenters. The molecule has 0 unspecified atom stereocenters. The second-order valence-corrected chi connectivity index (χ2v) is 5.26. The molecule has 0 saturated heterocycles. The summed E-state index contributed by atoms with van der Waals surface area (Å²) in [5.41, 5.74) is 9.10. The summed E-state index contributed by atoms with van der Waals surface area (Å²) in [5, 5.41) is 9.57. The monoisotopic (exact) mass is 288 g/mol. The number of hydrogen-bond acceptors (Lipinski definition) is 3. The fraction of sp³-hybridized carbons (Fsp3) is 0.133. The van der Waals surface area contributed by atoms with Crippen molar-refractivity contribution in [2.75, 3.05) is 5.73 Å². The molecule has 0 aliphatic carbocycles. The molecule has 0 spiro atoms. The third kappa shape index (κ3) is 2.18. The number of nitrogens with two attached hydrogens (primary N) is 1. The highest BCUT2D eigenvalue weighted by molar-refractivity contribution is 6.32.